The van der Waals surface area contributed by atoms with Gasteiger partial charge >= 0.3 is 0 Å². The molecule has 3 rings (SSSR count). The summed E-state index contributed by atoms with van der Waals surface area (Å²) in [6.07, 6.45) is 1.21. The van der Waals surface area contributed by atoms with Gasteiger partial charge in [0.05, 0.1) is 7.11 Å². The van der Waals surface area contributed by atoms with Crippen molar-refractivity contribution >= 4 is 0 Å². The van der Waals surface area contributed by atoms with E-state index >= 15 is 0 Å². The highest BCUT2D eigenvalue weighted by molar-refractivity contribution is 5.41. The minimum Gasteiger partial charge on any atom is -0.497 e. The summed E-state index contributed by atoms with van der Waals surface area (Å²) in [5, 5.41) is 0. The molecule has 0 N–H and O–H groups in total. The van der Waals surface area contributed by atoms with Gasteiger partial charge in [0, 0.05) is 19.0 Å². The van der Waals surface area contributed by atoms with E-state index < -0.39 is 0 Å². The fourth-order valence-corrected chi connectivity index (χ4v) is 3.29. The van der Waals surface area contributed by atoms with Gasteiger partial charge in [-0.1, -0.05) is 43.3 Å². The summed E-state index contributed by atoms with van der Waals surface area (Å²) in [7, 11) is 1.72. The Kier molecular flexibility index (Phi) is 4.26. The molecule has 0 saturated carbocycles. The Labute approximate surface area is 127 Å². The molecule has 1 aliphatic heterocycles. The molecule has 2 aromatic carbocycles. The van der Waals surface area contributed by atoms with Gasteiger partial charge in [0.2, 0.25) is 0 Å². The fraction of sp³-hybridized carbons (Fsp3) is 0.368. The number of nitrogens with zero attached hydrogens (tertiary/aromatic N) is 1. The second-order valence-electron chi connectivity index (χ2n) is 5.76. The third kappa shape index (κ3) is 2.96. The van der Waals surface area contributed by atoms with Crippen LogP contribution in [0, 0.1) is 0 Å². The van der Waals surface area contributed by atoms with Gasteiger partial charge in [-0.25, -0.2) is 0 Å². The summed E-state index contributed by atoms with van der Waals surface area (Å²) in [6.45, 7) is 5.61. The first-order valence-corrected chi connectivity index (χ1v) is 7.76. The third-order valence-corrected chi connectivity index (χ3v) is 4.32. The number of hydrogen-bond donors (Lipinski definition) is 0. The second-order valence-corrected chi connectivity index (χ2v) is 5.76. The summed E-state index contributed by atoms with van der Waals surface area (Å²) in [5.41, 5.74) is 4.33. The molecule has 2 aromatic rings. The zero-order valence-corrected chi connectivity index (χ0v) is 12.9. The van der Waals surface area contributed by atoms with Crippen LogP contribution in [0.25, 0.3) is 0 Å². The lowest BCUT2D eigenvalue weighted by molar-refractivity contribution is 0.241. The van der Waals surface area contributed by atoms with Crippen LogP contribution in [0.1, 0.15) is 36.0 Å². The maximum absolute atomic E-state index is 5.28. The van der Waals surface area contributed by atoms with Crippen LogP contribution in [0.15, 0.2) is 48.5 Å². The lowest BCUT2D eigenvalue weighted by Crippen LogP contribution is -2.34. The van der Waals surface area contributed by atoms with Crippen LogP contribution in [-0.4, -0.2) is 25.1 Å². The van der Waals surface area contributed by atoms with E-state index in [1.165, 1.54) is 29.7 Å². The Morgan fingerprint density at radius 3 is 2.57 bits per heavy atom. The van der Waals surface area contributed by atoms with Crippen molar-refractivity contribution in [3.63, 3.8) is 0 Å². The Morgan fingerprint density at radius 1 is 1.10 bits per heavy atom. The molecule has 0 bridgehead atoms. The van der Waals surface area contributed by atoms with Crippen LogP contribution in [-0.2, 0) is 6.54 Å². The number of rotatable bonds is 4. The molecule has 0 fully saturated rings. The van der Waals surface area contributed by atoms with Gasteiger partial charge < -0.3 is 4.74 Å². The van der Waals surface area contributed by atoms with Gasteiger partial charge in [-0.05, 0) is 41.8 Å². The van der Waals surface area contributed by atoms with E-state index in [0.717, 1.165) is 18.8 Å². The van der Waals surface area contributed by atoms with Crippen molar-refractivity contribution < 1.29 is 4.74 Å². The zero-order valence-electron chi connectivity index (χ0n) is 12.9. The van der Waals surface area contributed by atoms with E-state index in [0.29, 0.717) is 5.92 Å². The molecular weight excluding hydrogens is 258 g/mol. The topological polar surface area (TPSA) is 12.5 Å². The minimum atomic E-state index is 0.465. The van der Waals surface area contributed by atoms with Crippen molar-refractivity contribution in [3.8, 4) is 5.75 Å². The van der Waals surface area contributed by atoms with Crippen LogP contribution >= 0.6 is 0 Å². The summed E-state index contributed by atoms with van der Waals surface area (Å²) in [5.74, 6) is 1.39. The third-order valence-electron chi connectivity index (χ3n) is 4.32. The molecule has 1 aliphatic rings. The van der Waals surface area contributed by atoms with Crippen molar-refractivity contribution in [3.05, 3.63) is 65.2 Å². The summed E-state index contributed by atoms with van der Waals surface area (Å²) in [4.78, 5) is 2.57. The summed E-state index contributed by atoms with van der Waals surface area (Å²) in [6, 6.07) is 17.4. The van der Waals surface area contributed by atoms with E-state index in [9.17, 15) is 0 Å². The molecular formula is C19H23NO. The van der Waals surface area contributed by atoms with Crippen LogP contribution in [0.2, 0.25) is 0 Å². The lowest BCUT2D eigenvalue weighted by Gasteiger charge is -2.35. The molecule has 110 valence electrons. The molecule has 1 heterocycles. The monoisotopic (exact) mass is 281 g/mol. The van der Waals surface area contributed by atoms with Crippen LogP contribution in [0.5, 0.6) is 5.75 Å². The number of fused-ring (bicyclic) bond motifs is 1. The average Bonchev–Trinajstić information content (AvgIpc) is 2.54. The van der Waals surface area contributed by atoms with Gasteiger partial charge in [0.25, 0.3) is 0 Å². The van der Waals surface area contributed by atoms with Crippen molar-refractivity contribution in [1.82, 2.24) is 4.90 Å². The first-order valence-electron chi connectivity index (χ1n) is 7.76. The molecule has 2 heteroatoms. The SMILES string of the molecule is CCCN1Cc2ccccc2C(c2ccc(OC)cc2)C1. The lowest BCUT2D eigenvalue weighted by atomic mass is 9.84. The van der Waals surface area contributed by atoms with Crippen LogP contribution in [0.4, 0.5) is 0 Å². The molecule has 1 atom stereocenters. The molecule has 0 saturated heterocycles. The Hall–Kier alpha value is -1.80. The molecule has 2 nitrogen and oxygen atoms in total. The quantitative estimate of drug-likeness (QED) is 0.838. The number of ether oxygens (including phenoxy) is 1. The maximum Gasteiger partial charge on any atom is 0.118 e. The van der Waals surface area contributed by atoms with Crippen molar-refractivity contribution in [2.75, 3.05) is 20.2 Å². The van der Waals surface area contributed by atoms with E-state index in [2.05, 4.69) is 60.4 Å². The molecule has 0 radical (unpaired) electrons. The van der Waals surface area contributed by atoms with Gasteiger partial charge in [-0.2, -0.15) is 0 Å². The highest BCUT2D eigenvalue weighted by Crippen LogP contribution is 2.34. The second kappa shape index (κ2) is 6.31. The van der Waals surface area contributed by atoms with E-state index in [4.69, 9.17) is 4.74 Å². The standard InChI is InChI=1S/C19H23NO/c1-3-12-20-13-16-6-4-5-7-18(16)19(14-20)15-8-10-17(21-2)11-9-15/h4-11,19H,3,12-14H2,1-2H3. The smallest absolute Gasteiger partial charge is 0.118 e. The molecule has 0 aliphatic carbocycles. The van der Waals surface area contributed by atoms with E-state index in [1.807, 2.05) is 0 Å². The number of methoxy groups -OCH3 is 1. The predicted octanol–water partition coefficient (Wildman–Crippen LogP) is 4.05. The molecule has 0 amide bonds. The summed E-state index contributed by atoms with van der Waals surface area (Å²) < 4.78 is 5.28. The van der Waals surface area contributed by atoms with Crippen molar-refractivity contribution in [1.29, 1.82) is 0 Å². The molecule has 21 heavy (non-hydrogen) atoms. The molecule has 0 aromatic heterocycles. The highest BCUT2D eigenvalue weighted by atomic mass is 16.5. The predicted molar refractivity (Wildman–Crippen MR) is 86.8 cm³/mol. The Balaban J connectivity index is 1.95. The van der Waals surface area contributed by atoms with Crippen molar-refractivity contribution in [2.45, 2.75) is 25.8 Å². The fourth-order valence-electron chi connectivity index (χ4n) is 3.29. The van der Waals surface area contributed by atoms with Crippen LogP contribution < -0.4 is 4.74 Å². The Bertz CT molecular complexity index is 591. The summed E-state index contributed by atoms with van der Waals surface area (Å²) >= 11 is 0. The van der Waals surface area contributed by atoms with E-state index in [1.54, 1.807) is 7.11 Å². The minimum absolute atomic E-state index is 0.465. The first-order chi connectivity index (χ1) is 10.3. The first kappa shape index (κ1) is 14.2. The number of benzene rings is 2. The average molecular weight is 281 g/mol. The molecule has 1 unspecified atom stereocenters. The van der Waals surface area contributed by atoms with Gasteiger partial charge in [-0.3, -0.25) is 4.90 Å². The Morgan fingerprint density at radius 2 is 1.86 bits per heavy atom. The highest BCUT2D eigenvalue weighted by Gasteiger charge is 2.25. The van der Waals surface area contributed by atoms with Gasteiger partial charge in [0.1, 0.15) is 5.75 Å². The van der Waals surface area contributed by atoms with Crippen LogP contribution in [0.3, 0.4) is 0 Å². The molecule has 0 spiro atoms. The van der Waals surface area contributed by atoms with Gasteiger partial charge in [0.15, 0.2) is 0 Å². The van der Waals surface area contributed by atoms with Gasteiger partial charge in [-0.15, -0.1) is 0 Å². The normalized spacial score (nSPS) is 18.3. The van der Waals surface area contributed by atoms with Crippen molar-refractivity contribution in [2.24, 2.45) is 0 Å². The largest absolute Gasteiger partial charge is 0.497 e. The zero-order chi connectivity index (χ0) is 14.7. The van der Waals surface area contributed by atoms with E-state index in [-0.39, 0.29) is 0 Å². The maximum atomic E-state index is 5.28. The number of hydrogen-bond acceptors (Lipinski definition) is 2.